The smallest absolute Gasteiger partial charge is 0.414 e. The normalized spacial score (nSPS) is 16.3. The number of hydrogen-bond acceptors (Lipinski definition) is 3. The van der Waals surface area contributed by atoms with Gasteiger partial charge in [-0.25, -0.2) is 4.79 Å². The summed E-state index contributed by atoms with van der Waals surface area (Å²) in [6, 6.07) is 5.56. The molecule has 1 aliphatic heterocycles. The molecule has 0 radical (unpaired) electrons. The van der Waals surface area contributed by atoms with Crippen LogP contribution in [-0.4, -0.2) is 19.2 Å². The molecule has 1 saturated heterocycles. The van der Waals surface area contributed by atoms with Crippen LogP contribution in [0.1, 0.15) is 12.0 Å². The Morgan fingerprint density at radius 1 is 1.47 bits per heavy atom. The maximum atomic E-state index is 11.5. The van der Waals surface area contributed by atoms with Crippen LogP contribution in [0.25, 0.3) is 0 Å². The average molecular weight is 206 g/mol. The Morgan fingerprint density at radius 3 is 2.93 bits per heavy atom. The van der Waals surface area contributed by atoms with Crippen molar-refractivity contribution >= 4 is 17.5 Å². The van der Waals surface area contributed by atoms with Gasteiger partial charge in [0.2, 0.25) is 0 Å². The second-order valence-corrected chi connectivity index (χ2v) is 3.66. The van der Waals surface area contributed by atoms with Gasteiger partial charge in [0.25, 0.3) is 0 Å². The van der Waals surface area contributed by atoms with Crippen molar-refractivity contribution in [2.75, 3.05) is 23.8 Å². The number of benzene rings is 1. The van der Waals surface area contributed by atoms with E-state index >= 15 is 0 Å². The maximum absolute atomic E-state index is 11.5. The molecule has 4 heteroatoms. The van der Waals surface area contributed by atoms with E-state index in [0.717, 1.165) is 23.4 Å². The number of hydrogen-bond donors (Lipinski definition) is 1. The predicted molar refractivity (Wildman–Crippen MR) is 58.9 cm³/mol. The number of nitrogens with zero attached hydrogens (tertiary/aromatic N) is 1. The van der Waals surface area contributed by atoms with Crippen molar-refractivity contribution in [1.29, 1.82) is 0 Å². The maximum Gasteiger partial charge on any atom is 0.414 e. The lowest BCUT2D eigenvalue weighted by Crippen LogP contribution is -2.37. The highest BCUT2D eigenvalue weighted by molar-refractivity contribution is 5.88. The van der Waals surface area contributed by atoms with E-state index in [9.17, 15) is 4.79 Å². The fourth-order valence-corrected chi connectivity index (χ4v) is 1.61. The van der Waals surface area contributed by atoms with Crippen molar-refractivity contribution < 1.29 is 9.53 Å². The van der Waals surface area contributed by atoms with Crippen LogP contribution in [0.2, 0.25) is 0 Å². The lowest BCUT2D eigenvalue weighted by molar-refractivity contribution is 0.140. The van der Waals surface area contributed by atoms with E-state index < -0.39 is 0 Å². The van der Waals surface area contributed by atoms with Gasteiger partial charge in [-0.05, 0) is 37.1 Å². The van der Waals surface area contributed by atoms with E-state index in [4.69, 9.17) is 10.5 Å². The Hall–Kier alpha value is -1.71. The molecule has 2 N–H and O–H groups in total. The lowest BCUT2D eigenvalue weighted by atomic mass is 10.1. The molecule has 2 rings (SSSR count). The summed E-state index contributed by atoms with van der Waals surface area (Å²) in [7, 11) is 0. The second kappa shape index (κ2) is 3.81. The second-order valence-electron chi connectivity index (χ2n) is 3.66. The quantitative estimate of drug-likeness (QED) is 0.714. The van der Waals surface area contributed by atoms with Crippen LogP contribution in [0.4, 0.5) is 16.2 Å². The molecule has 1 fully saturated rings. The Labute approximate surface area is 88.6 Å². The summed E-state index contributed by atoms with van der Waals surface area (Å²) in [6.07, 6.45) is 0.597. The van der Waals surface area contributed by atoms with Gasteiger partial charge in [-0.1, -0.05) is 0 Å². The highest BCUT2D eigenvalue weighted by Gasteiger charge is 2.21. The zero-order valence-corrected chi connectivity index (χ0v) is 8.69. The Bertz CT molecular complexity index is 390. The Morgan fingerprint density at radius 2 is 2.27 bits per heavy atom. The average Bonchev–Trinajstić information content (AvgIpc) is 2.23. The van der Waals surface area contributed by atoms with Crippen LogP contribution in [0, 0.1) is 6.92 Å². The molecular weight excluding hydrogens is 192 g/mol. The molecule has 0 aromatic heterocycles. The van der Waals surface area contributed by atoms with Gasteiger partial charge in [0, 0.05) is 17.9 Å². The van der Waals surface area contributed by atoms with E-state index in [-0.39, 0.29) is 6.09 Å². The van der Waals surface area contributed by atoms with Crippen molar-refractivity contribution in [2.24, 2.45) is 0 Å². The standard InChI is InChI=1S/C11H14N2O2/c1-8-7-9(3-4-10(8)12)13-5-2-6-15-11(13)14/h3-4,7H,2,5-6,12H2,1H3. The van der Waals surface area contributed by atoms with E-state index in [0.29, 0.717) is 13.2 Å². The topological polar surface area (TPSA) is 55.6 Å². The molecule has 0 atom stereocenters. The SMILES string of the molecule is Cc1cc(N2CCCOC2=O)ccc1N. The van der Waals surface area contributed by atoms with Crippen molar-refractivity contribution in [3.63, 3.8) is 0 Å². The number of nitrogen functional groups attached to an aromatic ring is 1. The molecular formula is C11H14N2O2. The first-order valence-corrected chi connectivity index (χ1v) is 4.99. The third-order valence-corrected chi connectivity index (χ3v) is 2.54. The zero-order valence-electron chi connectivity index (χ0n) is 8.69. The van der Waals surface area contributed by atoms with E-state index in [2.05, 4.69) is 0 Å². The molecule has 0 saturated carbocycles. The van der Waals surface area contributed by atoms with Crippen molar-refractivity contribution in [3.05, 3.63) is 23.8 Å². The summed E-state index contributed by atoms with van der Waals surface area (Å²) in [6.45, 7) is 3.15. The van der Waals surface area contributed by atoms with E-state index in [1.54, 1.807) is 4.90 Å². The summed E-state index contributed by atoms with van der Waals surface area (Å²) in [5.74, 6) is 0. The molecule has 1 aromatic rings. The number of carbonyl (C=O) groups is 1. The molecule has 0 aliphatic carbocycles. The molecule has 80 valence electrons. The van der Waals surface area contributed by atoms with E-state index in [1.807, 2.05) is 25.1 Å². The minimum atomic E-state index is -0.273. The molecule has 1 aromatic carbocycles. The fraction of sp³-hybridized carbons (Fsp3) is 0.364. The first kappa shape index (κ1) is 9.83. The summed E-state index contributed by atoms with van der Waals surface area (Å²) in [5.41, 5.74) is 8.29. The number of amides is 1. The third-order valence-electron chi connectivity index (χ3n) is 2.54. The summed E-state index contributed by atoms with van der Waals surface area (Å²) < 4.78 is 4.97. The minimum Gasteiger partial charge on any atom is -0.449 e. The van der Waals surface area contributed by atoms with Gasteiger partial charge in [0.15, 0.2) is 0 Å². The lowest BCUT2D eigenvalue weighted by Gasteiger charge is -2.26. The van der Waals surface area contributed by atoms with Gasteiger partial charge >= 0.3 is 6.09 Å². The van der Waals surface area contributed by atoms with Crippen LogP contribution in [0.15, 0.2) is 18.2 Å². The van der Waals surface area contributed by atoms with Crippen molar-refractivity contribution in [3.8, 4) is 0 Å². The van der Waals surface area contributed by atoms with Gasteiger partial charge in [0.05, 0.1) is 6.61 Å². The predicted octanol–water partition coefficient (Wildman–Crippen LogP) is 1.92. The van der Waals surface area contributed by atoms with Gasteiger partial charge < -0.3 is 10.5 Å². The fourth-order valence-electron chi connectivity index (χ4n) is 1.61. The number of aryl methyl sites for hydroxylation is 1. The number of anilines is 2. The summed E-state index contributed by atoms with van der Waals surface area (Å²) >= 11 is 0. The highest BCUT2D eigenvalue weighted by atomic mass is 16.6. The highest BCUT2D eigenvalue weighted by Crippen LogP contribution is 2.22. The molecule has 15 heavy (non-hydrogen) atoms. The number of cyclic esters (lactones) is 1. The van der Waals surface area contributed by atoms with Gasteiger partial charge in [-0.2, -0.15) is 0 Å². The Kier molecular flexibility index (Phi) is 2.49. The Balaban J connectivity index is 2.28. The molecule has 4 nitrogen and oxygen atoms in total. The number of carbonyl (C=O) groups excluding carboxylic acids is 1. The van der Waals surface area contributed by atoms with E-state index in [1.165, 1.54) is 0 Å². The summed E-state index contributed by atoms with van der Waals surface area (Å²) in [5, 5.41) is 0. The molecule has 0 spiro atoms. The molecule has 0 bridgehead atoms. The monoisotopic (exact) mass is 206 g/mol. The largest absolute Gasteiger partial charge is 0.449 e. The minimum absolute atomic E-state index is 0.273. The molecule has 1 amide bonds. The van der Waals surface area contributed by atoms with Crippen LogP contribution < -0.4 is 10.6 Å². The number of nitrogens with two attached hydrogens (primary N) is 1. The summed E-state index contributed by atoms with van der Waals surface area (Å²) in [4.78, 5) is 13.1. The van der Waals surface area contributed by atoms with Gasteiger partial charge in [0.1, 0.15) is 0 Å². The number of rotatable bonds is 1. The van der Waals surface area contributed by atoms with Crippen LogP contribution in [0.3, 0.4) is 0 Å². The molecule has 1 aliphatic rings. The first-order valence-electron chi connectivity index (χ1n) is 4.99. The van der Waals surface area contributed by atoms with Crippen LogP contribution in [0.5, 0.6) is 0 Å². The van der Waals surface area contributed by atoms with Crippen LogP contribution >= 0.6 is 0 Å². The van der Waals surface area contributed by atoms with Crippen molar-refractivity contribution in [2.45, 2.75) is 13.3 Å². The first-order chi connectivity index (χ1) is 7.18. The third kappa shape index (κ3) is 1.88. The van der Waals surface area contributed by atoms with Crippen molar-refractivity contribution in [1.82, 2.24) is 0 Å². The van der Waals surface area contributed by atoms with Crippen LogP contribution in [-0.2, 0) is 4.74 Å². The zero-order chi connectivity index (χ0) is 10.8. The molecule has 1 heterocycles. The van der Waals surface area contributed by atoms with Gasteiger partial charge in [-0.3, -0.25) is 4.90 Å². The van der Waals surface area contributed by atoms with Gasteiger partial charge in [-0.15, -0.1) is 0 Å². The number of ether oxygens (including phenoxy) is 1. The molecule has 0 unspecified atom stereocenters.